The molecule has 3 heteroatoms. The molecule has 0 aliphatic carbocycles. The third-order valence-electron chi connectivity index (χ3n) is 3.67. The Morgan fingerprint density at radius 3 is 2.60 bits per heavy atom. The van der Waals surface area contributed by atoms with Crippen molar-refractivity contribution in [3.8, 4) is 0 Å². The van der Waals surface area contributed by atoms with Gasteiger partial charge < -0.3 is 11.1 Å². The SMILES string of the molecule is C=C[C@H](C)[C@H](CCCC)C(=O)N[C@H](N)c1ccccc1. The van der Waals surface area contributed by atoms with Gasteiger partial charge in [-0.3, -0.25) is 4.79 Å². The van der Waals surface area contributed by atoms with Crippen molar-refractivity contribution in [2.24, 2.45) is 17.6 Å². The van der Waals surface area contributed by atoms with E-state index in [2.05, 4.69) is 18.8 Å². The molecule has 110 valence electrons. The molecular formula is C17H26N2O. The fraction of sp³-hybridized carbons (Fsp3) is 0.471. The number of nitrogens with one attached hydrogen (secondary N) is 1. The summed E-state index contributed by atoms with van der Waals surface area (Å²) in [6.07, 6.45) is 4.38. The molecule has 0 bridgehead atoms. The molecule has 0 saturated carbocycles. The molecule has 0 aromatic heterocycles. The van der Waals surface area contributed by atoms with Gasteiger partial charge in [0.1, 0.15) is 6.17 Å². The van der Waals surface area contributed by atoms with Gasteiger partial charge >= 0.3 is 0 Å². The number of amides is 1. The van der Waals surface area contributed by atoms with Crippen LogP contribution >= 0.6 is 0 Å². The van der Waals surface area contributed by atoms with Gasteiger partial charge in [0.2, 0.25) is 5.91 Å². The minimum absolute atomic E-state index is 0.0159. The van der Waals surface area contributed by atoms with Gasteiger partial charge in [-0.15, -0.1) is 6.58 Å². The largest absolute Gasteiger partial charge is 0.337 e. The maximum Gasteiger partial charge on any atom is 0.225 e. The molecule has 1 aromatic rings. The van der Waals surface area contributed by atoms with Crippen LogP contribution in [0.25, 0.3) is 0 Å². The Kier molecular flexibility index (Phi) is 7.02. The summed E-state index contributed by atoms with van der Waals surface area (Å²) in [5.41, 5.74) is 6.96. The van der Waals surface area contributed by atoms with E-state index >= 15 is 0 Å². The molecule has 0 spiro atoms. The quantitative estimate of drug-likeness (QED) is 0.564. The second-order valence-corrected chi connectivity index (χ2v) is 5.24. The van der Waals surface area contributed by atoms with Gasteiger partial charge in [0.25, 0.3) is 0 Å². The second kappa shape index (κ2) is 8.54. The summed E-state index contributed by atoms with van der Waals surface area (Å²) in [5, 5.41) is 2.91. The summed E-state index contributed by atoms with van der Waals surface area (Å²) in [4.78, 5) is 12.4. The Labute approximate surface area is 122 Å². The van der Waals surface area contributed by atoms with Crippen LogP contribution in [0, 0.1) is 11.8 Å². The van der Waals surface area contributed by atoms with Crippen LogP contribution in [0.3, 0.4) is 0 Å². The van der Waals surface area contributed by atoms with E-state index in [1.807, 2.05) is 43.3 Å². The summed E-state index contributed by atoms with van der Waals surface area (Å²) in [6.45, 7) is 7.95. The van der Waals surface area contributed by atoms with E-state index in [0.717, 1.165) is 24.8 Å². The zero-order chi connectivity index (χ0) is 15.0. The Balaban J connectivity index is 2.67. The van der Waals surface area contributed by atoms with Crippen molar-refractivity contribution < 1.29 is 4.79 Å². The number of carbonyl (C=O) groups is 1. The fourth-order valence-electron chi connectivity index (χ4n) is 2.23. The predicted octanol–water partition coefficient (Wildman–Crippen LogP) is 3.39. The van der Waals surface area contributed by atoms with Gasteiger partial charge in [0.05, 0.1) is 0 Å². The van der Waals surface area contributed by atoms with E-state index in [-0.39, 0.29) is 17.7 Å². The average molecular weight is 274 g/mol. The number of hydrogen-bond acceptors (Lipinski definition) is 2. The maximum atomic E-state index is 12.4. The smallest absolute Gasteiger partial charge is 0.225 e. The maximum absolute atomic E-state index is 12.4. The van der Waals surface area contributed by atoms with Gasteiger partial charge in [-0.25, -0.2) is 0 Å². The van der Waals surface area contributed by atoms with Gasteiger partial charge in [0.15, 0.2) is 0 Å². The molecular weight excluding hydrogens is 248 g/mol. The van der Waals surface area contributed by atoms with Crippen LogP contribution in [0.1, 0.15) is 44.8 Å². The number of unbranched alkanes of at least 4 members (excludes halogenated alkanes) is 1. The molecule has 20 heavy (non-hydrogen) atoms. The van der Waals surface area contributed by atoms with E-state index in [9.17, 15) is 4.79 Å². The fourth-order valence-corrected chi connectivity index (χ4v) is 2.23. The third kappa shape index (κ3) is 4.82. The van der Waals surface area contributed by atoms with Crippen molar-refractivity contribution in [3.05, 3.63) is 48.6 Å². The number of carbonyl (C=O) groups excluding carboxylic acids is 1. The Morgan fingerprint density at radius 2 is 2.05 bits per heavy atom. The minimum atomic E-state index is -0.454. The highest BCUT2D eigenvalue weighted by molar-refractivity contribution is 5.79. The van der Waals surface area contributed by atoms with E-state index in [1.54, 1.807) is 0 Å². The Morgan fingerprint density at radius 1 is 1.40 bits per heavy atom. The standard InChI is InChI=1S/C17H26N2O/c1-4-6-12-15(13(3)5-2)17(20)19-16(18)14-10-8-7-9-11-14/h5,7-11,13,15-16H,2,4,6,12,18H2,1,3H3,(H,19,20)/t13-,15-,16-/m0/s1. The highest BCUT2D eigenvalue weighted by atomic mass is 16.2. The van der Waals surface area contributed by atoms with Crippen molar-refractivity contribution >= 4 is 5.91 Å². The molecule has 0 unspecified atom stereocenters. The molecule has 0 radical (unpaired) electrons. The summed E-state index contributed by atoms with van der Waals surface area (Å²) in [6, 6.07) is 9.61. The van der Waals surface area contributed by atoms with Crippen LogP contribution in [0.5, 0.6) is 0 Å². The molecule has 1 amide bonds. The summed E-state index contributed by atoms with van der Waals surface area (Å²) >= 11 is 0. The van der Waals surface area contributed by atoms with Crippen LogP contribution in [0.2, 0.25) is 0 Å². The topological polar surface area (TPSA) is 55.1 Å². The molecule has 0 aliphatic heterocycles. The molecule has 0 aliphatic rings. The van der Waals surface area contributed by atoms with Crippen LogP contribution in [0.15, 0.2) is 43.0 Å². The first-order valence-corrected chi connectivity index (χ1v) is 7.33. The molecule has 0 heterocycles. The normalized spacial score (nSPS) is 15.2. The summed E-state index contributed by atoms with van der Waals surface area (Å²) in [5.74, 6) is 0.119. The van der Waals surface area contributed by atoms with E-state index in [0.29, 0.717) is 0 Å². The van der Waals surface area contributed by atoms with E-state index < -0.39 is 6.17 Å². The van der Waals surface area contributed by atoms with Gasteiger partial charge in [-0.2, -0.15) is 0 Å². The first-order chi connectivity index (χ1) is 9.60. The van der Waals surface area contributed by atoms with Crippen molar-refractivity contribution in [2.45, 2.75) is 39.3 Å². The zero-order valence-electron chi connectivity index (χ0n) is 12.5. The minimum Gasteiger partial charge on any atom is -0.337 e. The van der Waals surface area contributed by atoms with E-state index in [1.165, 1.54) is 0 Å². The summed E-state index contributed by atoms with van der Waals surface area (Å²) in [7, 11) is 0. The highest BCUT2D eigenvalue weighted by Crippen LogP contribution is 2.21. The second-order valence-electron chi connectivity index (χ2n) is 5.24. The average Bonchev–Trinajstić information content (AvgIpc) is 2.48. The highest BCUT2D eigenvalue weighted by Gasteiger charge is 2.24. The number of benzene rings is 1. The lowest BCUT2D eigenvalue weighted by Gasteiger charge is -2.23. The monoisotopic (exact) mass is 274 g/mol. The third-order valence-corrected chi connectivity index (χ3v) is 3.67. The van der Waals surface area contributed by atoms with Crippen LogP contribution < -0.4 is 11.1 Å². The van der Waals surface area contributed by atoms with Crippen LogP contribution in [-0.4, -0.2) is 5.91 Å². The van der Waals surface area contributed by atoms with Gasteiger partial charge in [0, 0.05) is 5.92 Å². The lowest BCUT2D eigenvalue weighted by atomic mass is 9.88. The van der Waals surface area contributed by atoms with Crippen LogP contribution in [-0.2, 0) is 4.79 Å². The Hall–Kier alpha value is -1.61. The molecule has 3 nitrogen and oxygen atoms in total. The van der Waals surface area contributed by atoms with Crippen molar-refractivity contribution in [1.29, 1.82) is 0 Å². The number of nitrogens with two attached hydrogens (primary N) is 1. The molecule has 1 aromatic carbocycles. The van der Waals surface area contributed by atoms with E-state index in [4.69, 9.17) is 5.73 Å². The lowest BCUT2D eigenvalue weighted by molar-refractivity contribution is -0.127. The zero-order valence-corrected chi connectivity index (χ0v) is 12.5. The number of allylic oxidation sites excluding steroid dienone is 1. The number of hydrogen-bond donors (Lipinski definition) is 2. The molecule has 1 rings (SSSR count). The molecule has 0 saturated heterocycles. The molecule has 0 fully saturated rings. The first-order valence-electron chi connectivity index (χ1n) is 7.33. The van der Waals surface area contributed by atoms with Crippen molar-refractivity contribution in [1.82, 2.24) is 5.32 Å². The number of rotatable bonds is 8. The predicted molar refractivity (Wildman–Crippen MR) is 83.9 cm³/mol. The van der Waals surface area contributed by atoms with Crippen molar-refractivity contribution in [3.63, 3.8) is 0 Å². The molecule has 3 atom stereocenters. The Bertz CT molecular complexity index is 416. The van der Waals surface area contributed by atoms with Gasteiger partial charge in [-0.1, -0.05) is 63.1 Å². The summed E-state index contributed by atoms with van der Waals surface area (Å²) < 4.78 is 0. The lowest BCUT2D eigenvalue weighted by Crippen LogP contribution is -2.39. The van der Waals surface area contributed by atoms with Crippen LogP contribution in [0.4, 0.5) is 0 Å². The first kappa shape index (κ1) is 16.4. The van der Waals surface area contributed by atoms with Gasteiger partial charge in [-0.05, 0) is 17.9 Å². The molecule has 3 N–H and O–H groups in total. The van der Waals surface area contributed by atoms with Crippen molar-refractivity contribution in [2.75, 3.05) is 0 Å².